The van der Waals surface area contributed by atoms with Crippen molar-refractivity contribution in [2.75, 3.05) is 0 Å². The van der Waals surface area contributed by atoms with Crippen LogP contribution in [0.5, 0.6) is 11.6 Å². The van der Waals surface area contributed by atoms with Gasteiger partial charge in [0.15, 0.2) is 0 Å². The molecule has 2 rings (SSSR count). The quantitative estimate of drug-likeness (QED) is 0.924. The van der Waals surface area contributed by atoms with Crippen LogP contribution < -0.4 is 10.5 Å². The van der Waals surface area contributed by atoms with Crippen molar-refractivity contribution in [3.05, 3.63) is 52.2 Å². The minimum absolute atomic E-state index is 0.0639. The summed E-state index contributed by atoms with van der Waals surface area (Å²) >= 11 is 6.04. The van der Waals surface area contributed by atoms with Crippen LogP contribution >= 0.6 is 11.6 Å². The molecule has 0 aliphatic carbocycles. The maximum absolute atomic E-state index is 6.04. The zero-order valence-corrected chi connectivity index (χ0v) is 12.7. The SMILES string of the molecule is Cc1cc(Cl)cc(C)c1Oc1ncccc1CC(C)N. The summed E-state index contributed by atoms with van der Waals surface area (Å²) < 4.78 is 6.00. The Balaban J connectivity index is 2.35. The smallest absolute Gasteiger partial charge is 0.222 e. The average molecular weight is 291 g/mol. The highest BCUT2D eigenvalue weighted by Crippen LogP contribution is 2.32. The van der Waals surface area contributed by atoms with Crippen molar-refractivity contribution in [3.63, 3.8) is 0 Å². The summed E-state index contributed by atoms with van der Waals surface area (Å²) in [5.41, 5.74) is 8.86. The van der Waals surface area contributed by atoms with Crippen LogP contribution in [0.3, 0.4) is 0 Å². The summed E-state index contributed by atoms with van der Waals surface area (Å²) in [6, 6.07) is 7.73. The van der Waals surface area contributed by atoms with Gasteiger partial charge in [0.05, 0.1) is 0 Å². The standard InChI is InChI=1S/C16H19ClN2O/c1-10-7-14(17)8-11(2)15(10)20-16-13(9-12(3)18)5-4-6-19-16/h4-8,12H,9,18H2,1-3H3. The fraction of sp³-hybridized carbons (Fsp3) is 0.312. The summed E-state index contributed by atoms with van der Waals surface area (Å²) in [7, 11) is 0. The highest BCUT2D eigenvalue weighted by atomic mass is 35.5. The van der Waals surface area contributed by atoms with E-state index in [-0.39, 0.29) is 6.04 Å². The van der Waals surface area contributed by atoms with E-state index in [1.54, 1.807) is 6.20 Å². The molecule has 4 heteroatoms. The lowest BCUT2D eigenvalue weighted by molar-refractivity contribution is 0.447. The minimum atomic E-state index is 0.0639. The molecule has 1 unspecified atom stereocenters. The molecule has 1 aromatic carbocycles. The molecule has 0 aliphatic heterocycles. The first kappa shape index (κ1) is 14.8. The summed E-state index contributed by atoms with van der Waals surface area (Å²) in [5.74, 6) is 1.41. The van der Waals surface area contributed by atoms with Gasteiger partial charge in [-0.05, 0) is 56.5 Å². The van der Waals surface area contributed by atoms with Crippen LogP contribution in [0.4, 0.5) is 0 Å². The molecule has 0 spiro atoms. The largest absolute Gasteiger partial charge is 0.438 e. The highest BCUT2D eigenvalue weighted by molar-refractivity contribution is 6.30. The number of aromatic nitrogens is 1. The number of hydrogen-bond donors (Lipinski definition) is 1. The maximum atomic E-state index is 6.04. The van der Waals surface area contributed by atoms with Crippen LogP contribution in [0.15, 0.2) is 30.5 Å². The summed E-state index contributed by atoms with van der Waals surface area (Å²) in [5, 5.41) is 0.712. The van der Waals surface area contributed by atoms with Crippen molar-refractivity contribution in [2.24, 2.45) is 5.73 Å². The van der Waals surface area contributed by atoms with E-state index in [4.69, 9.17) is 22.1 Å². The second-order valence-corrected chi connectivity index (χ2v) is 5.56. The molecule has 20 heavy (non-hydrogen) atoms. The van der Waals surface area contributed by atoms with E-state index in [1.165, 1.54) is 0 Å². The van der Waals surface area contributed by atoms with Crippen LogP contribution in [0.2, 0.25) is 5.02 Å². The molecule has 1 heterocycles. The Kier molecular flexibility index (Phi) is 4.63. The predicted octanol–water partition coefficient (Wildman–Crippen LogP) is 4.03. The van der Waals surface area contributed by atoms with Crippen LogP contribution in [-0.2, 0) is 6.42 Å². The molecule has 0 amide bonds. The van der Waals surface area contributed by atoms with Gasteiger partial charge in [-0.3, -0.25) is 0 Å². The third-order valence-electron chi connectivity index (χ3n) is 3.02. The van der Waals surface area contributed by atoms with Gasteiger partial charge in [-0.2, -0.15) is 0 Å². The van der Waals surface area contributed by atoms with Gasteiger partial charge in [0.25, 0.3) is 0 Å². The number of hydrogen-bond acceptors (Lipinski definition) is 3. The van der Waals surface area contributed by atoms with Crippen molar-refractivity contribution in [3.8, 4) is 11.6 Å². The second kappa shape index (κ2) is 6.25. The third kappa shape index (κ3) is 3.50. The van der Waals surface area contributed by atoms with Crippen molar-refractivity contribution in [1.82, 2.24) is 4.98 Å². The Morgan fingerprint density at radius 2 is 1.95 bits per heavy atom. The fourth-order valence-corrected chi connectivity index (χ4v) is 2.50. The third-order valence-corrected chi connectivity index (χ3v) is 3.23. The zero-order chi connectivity index (χ0) is 14.7. The molecule has 106 valence electrons. The van der Waals surface area contributed by atoms with Gasteiger partial charge in [-0.15, -0.1) is 0 Å². The molecule has 0 fully saturated rings. The number of halogens is 1. The Bertz CT molecular complexity index is 588. The molecule has 1 atom stereocenters. The van der Waals surface area contributed by atoms with Crippen LogP contribution in [0.1, 0.15) is 23.6 Å². The van der Waals surface area contributed by atoms with Crippen molar-refractivity contribution in [1.29, 1.82) is 0 Å². The topological polar surface area (TPSA) is 48.1 Å². The number of benzene rings is 1. The van der Waals surface area contributed by atoms with Crippen LogP contribution in [0, 0.1) is 13.8 Å². The maximum Gasteiger partial charge on any atom is 0.222 e. The van der Waals surface area contributed by atoms with E-state index in [1.807, 2.05) is 45.0 Å². The monoisotopic (exact) mass is 290 g/mol. The molecule has 0 bridgehead atoms. The number of aryl methyl sites for hydroxylation is 2. The Morgan fingerprint density at radius 1 is 1.30 bits per heavy atom. The normalized spacial score (nSPS) is 12.2. The number of nitrogens with zero attached hydrogens (tertiary/aromatic N) is 1. The summed E-state index contributed by atoms with van der Waals surface area (Å²) in [6.07, 6.45) is 2.45. The average Bonchev–Trinajstić information content (AvgIpc) is 2.34. The van der Waals surface area contributed by atoms with E-state index in [9.17, 15) is 0 Å². The van der Waals surface area contributed by atoms with Gasteiger partial charge >= 0.3 is 0 Å². The van der Waals surface area contributed by atoms with Crippen LogP contribution in [-0.4, -0.2) is 11.0 Å². The lowest BCUT2D eigenvalue weighted by Crippen LogP contribution is -2.18. The van der Waals surface area contributed by atoms with Gasteiger partial charge in [0, 0.05) is 22.8 Å². The van der Waals surface area contributed by atoms with Gasteiger partial charge < -0.3 is 10.5 Å². The van der Waals surface area contributed by atoms with Crippen molar-refractivity contribution < 1.29 is 4.74 Å². The molecule has 3 nitrogen and oxygen atoms in total. The first-order valence-corrected chi connectivity index (χ1v) is 6.99. The summed E-state index contributed by atoms with van der Waals surface area (Å²) in [6.45, 7) is 5.92. The number of nitrogens with two attached hydrogens (primary N) is 1. The Hall–Kier alpha value is -1.58. The molecule has 0 radical (unpaired) electrons. The highest BCUT2D eigenvalue weighted by Gasteiger charge is 2.12. The van der Waals surface area contributed by atoms with Gasteiger partial charge in [-0.25, -0.2) is 4.98 Å². The number of ether oxygens (including phenoxy) is 1. The minimum Gasteiger partial charge on any atom is -0.438 e. The lowest BCUT2D eigenvalue weighted by atomic mass is 10.1. The van der Waals surface area contributed by atoms with E-state index >= 15 is 0 Å². The molecule has 0 aliphatic rings. The number of pyridine rings is 1. The molecule has 2 aromatic rings. The second-order valence-electron chi connectivity index (χ2n) is 5.12. The van der Waals surface area contributed by atoms with E-state index in [0.717, 1.165) is 28.9 Å². The van der Waals surface area contributed by atoms with Crippen molar-refractivity contribution >= 4 is 11.6 Å². The zero-order valence-electron chi connectivity index (χ0n) is 12.0. The molecular formula is C16H19ClN2O. The van der Waals surface area contributed by atoms with Gasteiger partial charge in [0.2, 0.25) is 5.88 Å². The van der Waals surface area contributed by atoms with Crippen LogP contribution in [0.25, 0.3) is 0 Å². The Morgan fingerprint density at radius 3 is 2.55 bits per heavy atom. The predicted molar refractivity (Wildman–Crippen MR) is 82.6 cm³/mol. The molecular weight excluding hydrogens is 272 g/mol. The number of rotatable bonds is 4. The van der Waals surface area contributed by atoms with E-state index in [0.29, 0.717) is 10.9 Å². The molecule has 0 saturated heterocycles. The molecule has 1 aromatic heterocycles. The fourth-order valence-electron chi connectivity index (χ4n) is 2.17. The lowest BCUT2D eigenvalue weighted by Gasteiger charge is -2.15. The Labute approximate surface area is 124 Å². The van der Waals surface area contributed by atoms with Gasteiger partial charge in [-0.1, -0.05) is 17.7 Å². The first-order valence-electron chi connectivity index (χ1n) is 6.61. The molecule has 0 saturated carbocycles. The summed E-state index contributed by atoms with van der Waals surface area (Å²) in [4.78, 5) is 4.32. The molecule has 2 N–H and O–H groups in total. The van der Waals surface area contributed by atoms with E-state index < -0.39 is 0 Å². The van der Waals surface area contributed by atoms with E-state index in [2.05, 4.69) is 4.98 Å². The first-order chi connectivity index (χ1) is 9.47. The van der Waals surface area contributed by atoms with Gasteiger partial charge in [0.1, 0.15) is 5.75 Å². The van der Waals surface area contributed by atoms with Crippen molar-refractivity contribution in [2.45, 2.75) is 33.2 Å².